The number of para-hydroxylation sites is 1. The number of benzene rings is 1. The zero-order chi connectivity index (χ0) is 27.6. The summed E-state index contributed by atoms with van der Waals surface area (Å²) >= 11 is 0. The van der Waals surface area contributed by atoms with Crippen LogP contribution in [-0.2, 0) is 18.3 Å². The van der Waals surface area contributed by atoms with Crippen LogP contribution >= 0.6 is 0 Å². The van der Waals surface area contributed by atoms with Gasteiger partial charge in [0, 0.05) is 36.6 Å². The van der Waals surface area contributed by atoms with Crippen LogP contribution in [0.2, 0.25) is 0 Å². The molecule has 0 radical (unpaired) electrons. The van der Waals surface area contributed by atoms with Crippen molar-refractivity contribution in [3.8, 4) is 0 Å². The second-order valence-corrected chi connectivity index (χ2v) is 10.6. The van der Waals surface area contributed by atoms with E-state index >= 15 is 0 Å². The van der Waals surface area contributed by atoms with E-state index in [2.05, 4.69) is 10.3 Å². The molecule has 1 fully saturated rings. The van der Waals surface area contributed by atoms with Crippen LogP contribution < -0.4 is 11.1 Å². The number of hydrogen-bond donors (Lipinski definition) is 3. The van der Waals surface area contributed by atoms with Crippen molar-refractivity contribution in [1.29, 1.82) is 0 Å². The fourth-order valence-corrected chi connectivity index (χ4v) is 5.34. The molecule has 0 unspecified atom stereocenters. The smallest absolute Gasteiger partial charge is 0.358 e. The highest BCUT2D eigenvalue weighted by atomic mass is 16.4. The number of aromatic nitrogens is 2. The van der Waals surface area contributed by atoms with Crippen molar-refractivity contribution in [2.75, 3.05) is 0 Å². The average Bonchev–Trinajstić information content (AvgIpc) is 3.58. The number of carbonyl (C=O) groups excluding carboxylic acids is 2. The Morgan fingerprint density at radius 1 is 1.24 bits per heavy atom. The van der Waals surface area contributed by atoms with Gasteiger partial charge in [0.05, 0.1) is 6.04 Å². The number of fused-ring (bicyclic) bond motifs is 1. The van der Waals surface area contributed by atoms with E-state index in [-0.39, 0.29) is 35.7 Å². The minimum Gasteiger partial charge on any atom is -0.476 e. The Hall–Kier alpha value is -3.66. The number of urea groups is 1. The minimum atomic E-state index is -1.24. The van der Waals surface area contributed by atoms with E-state index in [9.17, 15) is 19.5 Å². The van der Waals surface area contributed by atoms with Gasteiger partial charge < -0.3 is 25.1 Å². The lowest BCUT2D eigenvalue weighted by atomic mass is 10.00. The van der Waals surface area contributed by atoms with Gasteiger partial charge in [0.1, 0.15) is 11.8 Å². The SMILES string of the molecule is Cc1oc([C@@H](Cc2cn(C)c3ccccc23)N(C(=O)NC2CCCC2)C(=O)[C@@H](N)CC(C)C)nc1C(=O)O. The molecule has 4 rings (SSSR count). The summed E-state index contributed by atoms with van der Waals surface area (Å²) in [5, 5.41) is 13.6. The van der Waals surface area contributed by atoms with Crippen molar-refractivity contribution < 1.29 is 23.9 Å². The number of aromatic carboxylic acids is 1. The van der Waals surface area contributed by atoms with Crippen LogP contribution in [0.15, 0.2) is 34.9 Å². The maximum Gasteiger partial charge on any atom is 0.358 e. The van der Waals surface area contributed by atoms with Gasteiger partial charge in [0.25, 0.3) is 0 Å². The number of carboxylic acids is 1. The summed E-state index contributed by atoms with van der Waals surface area (Å²) < 4.78 is 7.80. The van der Waals surface area contributed by atoms with Crippen molar-refractivity contribution in [2.45, 2.75) is 77.4 Å². The summed E-state index contributed by atoms with van der Waals surface area (Å²) in [6, 6.07) is 5.29. The molecule has 204 valence electrons. The van der Waals surface area contributed by atoms with E-state index in [1.54, 1.807) is 0 Å². The summed E-state index contributed by atoms with van der Waals surface area (Å²) in [7, 11) is 1.92. The fraction of sp³-hybridized carbons (Fsp3) is 0.500. The summed E-state index contributed by atoms with van der Waals surface area (Å²) in [5.74, 6) is -1.57. The number of oxazole rings is 1. The quantitative estimate of drug-likeness (QED) is 0.379. The summed E-state index contributed by atoms with van der Waals surface area (Å²) in [6.45, 7) is 5.42. The van der Waals surface area contributed by atoms with Gasteiger partial charge >= 0.3 is 12.0 Å². The minimum absolute atomic E-state index is 0.0143. The molecule has 2 heterocycles. The third-order valence-corrected chi connectivity index (χ3v) is 7.19. The number of hydrogen-bond acceptors (Lipinski definition) is 6. The highest BCUT2D eigenvalue weighted by Gasteiger charge is 2.39. The lowest BCUT2D eigenvalue weighted by Gasteiger charge is -2.31. The highest BCUT2D eigenvalue weighted by Crippen LogP contribution is 2.32. The van der Waals surface area contributed by atoms with Crippen molar-refractivity contribution in [3.05, 3.63) is 53.4 Å². The zero-order valence-electron chi connectivity index (χ0n) is 22.4. The molecular formula is C28H37N5O5. The maximum atomic E-state index is 13.8. The molecule has 0 saturated heterocycles. The van der Waals surface area contributed by atoms with E-state index in [0.717, 1.165) is 47.0 Å². The first-order valence-corrected chi connectivity index (χ1v) is 13.2. The van der Waals surface area contributed by atoms with Gasteiger partial charge in [-0.25, -0.2) is 14.6 Å². The zero-order valence-corrected chi connectivity index (χ0v) is 22.4. The predicted molar refractivity (Wildman–Crippen MR) is 143 cm³/mol. The van der Waals surface area contributed by atoms with Crippen LogP contribution in [0.25, 0.3) is 10.9 Å². The van der Waals surface area contributed by atoms with Gasteiger partial charge in [-0.05, 0) is 43.7 Å². The number of carbonyl (C=O) groups is 3. The number of amides is 3. The Bertz CT molecular complexity index is 1320. The molecule has 10 nitrogen and oxygen atoms in total. The number of imide groups is 1. The molecule has 1 aliphatic rings. The Labute approximate surface area is 222 Å². The van der Waals surface area contributed by atoms with Crippen LogP contribution in [0.5, 0.6) is 0 Å². The molecule has 1 aliphatic carbocycles. The Kier molecular flexibility index (Phi) is 8.20. The van der Waals surface area contributed by atoms with E-state index in [1.807, 2.05) is 55.9 Å². The first-order valence-electron chi connectivity index (χ1n) is 13.2. The van der Waals surface area contributed by atoms with Crippen LogP contribution in [0.1, 0.15) is 79.7 Å². The van der Waals surface area contributed by atoms with E-state index in [0.29, 0.717) is 6.42 Å². The number of rotatable bonds is 9. The van der Waals surface area contributed by atoms with Gasteiger partial charge in [0.2, 0.25) is 11.8 Å². The van der Waals surface area contributed by atoms with E-state index in [1.165, 1.54) is 6.92 Å². The second kappa shape index (κ2) is 11.4. The number of carboxylic acid groups (broad SMARTS) is 1. The number of aryl methyl sites for hydroxylation is 2. The first-order chi connectivity index (χ1) is 18.1. The highest BCUT2D eigenvalue weighted by molar-refractivity contribution is 5.98. The molecule has 0 bridgehead atoms. The molecule has 38 heavy (non-hydrogen) atoms. The number of nitrogens with two attached hydrogens (primary N) is 1. The molecule has 10 heteroatoms. The van der Waals surface area contributed by atoms with E-state index < -0.39 is 30.0 Å². The van der Waals surface area contributed by atoms with Gasteiger partial charge in [0.15, 0.2) is 5.69 Å². The van der Waals surface area contributed by atoms with Crippen molar-refractivity contribution in [2.24, 2.45) is 18.7 Å². The van der Waals surface area contributed by atoms with Gasteiger partial charge in [-0.3, -0.25) is 9.69 Å². The van der Waals surface area contributed by atoms with Crippen molar-refractivity contribution >= 4 is 28.8 Å². The topological polar surface area (TPSA) is 144 Å². The normalized spacial score (nSPS) is 15.6. The maximum absolute atomic E-state index is 13.8. The second-order valence-electron chi connectivity index (χ2n) is 10.6. The first kappa shape index (κ1) is 27.4. The number of nitrogens with zero attached hydrogens (tertiary/aromatic N) is 3. The molecule has 1 aromatic carbocycles. The Morgan fingerprint density at radius 2 is 1.92 bits per heavy atom. The largest absolute Gasteiger partial charge is 0.476 e. The molecule has 2 aromatic heterocycles. The molecule has 1 saturated carbocycles. The van der Waals surface area contributed by atoms with Crippen LogP contribution in [0.4, 0.5) is 4.79 Å². The van der Waals surface area contributed by atoms with Crippen molar-refractivity contribution in [3.63, 3.8) is 0 Å². The van der Waals surface area contributed by atoms with Gasteiger partial charge in [-0.1, -0.05) is 44.9 Å². The lowest BCUT2D eigenvalue weighted by molar-refractivity contribution is -0.132. The van der Waals surface area contributed by atoms with E-state index in [4.69, 9.17) is 10.2 Å². The van der Waals surface area contributed by atoms with Crippen LogP contribution in [-0.4, -0.2) is 49.5 Å². The summed E-state index contributed by atoms with van der Waals surface area (Å²) in [6.07, 6.45) is 6.19. The van der Waals surface area contributed by atoms with Crippen LogP contribution in [0.3, 0.4) is 0 Å². The summed E-state index contributed by atoms with van der Waals surface area (Å²) in [5.41, 5.74) is 7.93. The molecule has 0 spiro atoms. The fourth-order valence-electron chi connectivity index (χ4n) is 5.34. The third kappa shape index (κ3) is 5.75. The van der Waals surface area contributed by atoms with Gasteiger partial charge in [-0.2, -0.15) is 0 Å². The van der Waals surface area contributed by atoms with Crippen LogP contribution in [0, 0.1) is 12.8 Å². The average molecular weight is 524 g/mol. The molecular weight excluding hydrogens is 486 g/mol. The standard InChI is InChI=1S/C28H37N5O5/c1-16(2)13-21(29)26(34)33(28(37)30-19-9-5-6-10-19)23(25-31-24(27(35)36)17(3)38-25)14-18-15-32(4)22-12-8-7-11-20(18)22/h7-8,11-12,15-16,19,21,23H,5-6,9-10,13-14,29H2,1-4H3,(H,30,37)(H,35,36)/t21-,23+/m0/s1. The molecule has 4 N–H and O–H groups in total. The third-order valence-electron chi connectivity index (χ3n) is 7.19. The molecule has 0 aliphatic heterocycles. The Morgan fingerprint density at radius 3 is 2.55 bits per heavy atom. The monoisotopic (exact) mass is 523 g/mol. The van der Waals surface area contributed by atoms with Gasteiger partial charge in [-0.15, -0.1) is 0 Å². The molecule has 3 amide bonds. The summed E-state index contributed by atoms with van der Waals surface area (Å²) in [4.78, 5) is 44.8. The molecule has 2 atom stereocenters. The van der Waals surface area contributed by atoms with Crippen molar-refractivity contribution in [1.82, 2.24) is 19.8 Å². The predicted octanol–water partition coefficient (Wildman–Crippen LogP) is 4.31. The Balaban J connectivity index is 1.82. The lowest BCUT2D eigenvalue weighted by Crippen LogP contribution is -2.54. The number of nitrogens with one attached hydrogen (secondary N) is 1. The molecule has 3 aromatic rings.